The molecular formula is C20H26N4O2. The van der Waals surface area contributed by atoms with Crippen LogP contribution in [0.2, 0.25) is 0 Å². The van der Waals surface area contributed by atoms with Crippen molar-refractivity contribution in [3.8, 4) is 5.75 Å². The van der Waals surface area contributed by atoms with E-state index in [4.69, 9.17) is 4.74 Å². The van der Waals surface area contributed by atoms with E-state index in [1.807, 2.05) is 30.0 Å². The summed E-state index contributed by atoms with van der Waals surface area (Å²) in [7, 11) is 0. The maximum absolute atomic E-state index is 13.1. The van der Waals surface area contributed by atoms with Gasteiger partial charge in [0.15, 0.2) is 0 Å². The largest absolute Gasteiger partial charge is 0.494 e. The summed E-state index contributed by atoms with van der Waals surface area (Å²) in [5.74, 6) is 1.04. The summed E-state index contributed by atoms with van der Waals surface area (Å²) >= 11 is 0. The summed E-state index contributed by atoms with van der Waals surface area (Å²) in [6.45, 7) is 6.32. The van der Waals surface area contributed by atoms with Crippen LogP contribution in [0.3, 0.4) is 0 Å². The van der Waals surface area contributed by atoms with Gasteiger partial charge in [-0.15, -0.1) is 0 Å². The van der Waals surface area contributed by atoms with Gasteiger partial charge in [-0.3, -0.25) is 4.79 Å². The summed E-state index contributed by atoms with van der Waals surface area (Å²) in [4.78, 5) is 15.1. The van der Waals surface area contributed by atoms with E-state index >= 15 is 0 Å². The summed E-state index contributed by atoms with van der Waals surface area (Å²) in [6.07, 6.45) is 2.80. The summed E-state index contributed by atoms with van der Waals surface area (Å²) in [5, 5.41) is 0. The van der Waals surface area contributed by atoms with Crippen LogP contribution in [0.4, 0.5) is 0 Å². The number of para-hydroxylation sites is 1. The van der Waals surface area contributed by atoms with Crippen LogP contribution in [-0.2, 0) is 11.3 Å². The van der Waals surface area contributed by atoms with Gasteiger partial charge >= 0.3 is 0 Å². The number of rotatable bonds is 4. The fourth-order valence-electron chi connectivity index (χ4n) is 4.06. The lowest BCUT2D eigenvalue weighted by Crippen LogP contribution is -2.49. The molecule has 2 aliphatic heterocycles. The van der Waals surface area contributed by atoms with E-state index in [1.54, 1.807) is 0 Å². The molecule has 2 aliphatic rings. The molecule has 6 heteroatoms. The Morgan fingerprint density at radius 1 is 1.19 bits per heavy atom. The second-order valence-electron chi connectivity index (χ2n) is 6.93. The van der Waals surface area contributed by atoms with Crippen molar-refractivity contribution in [3.05, 3.63) is 53.9 Å². The van der Waals surface area contributed by atoms with E-state index in [1.165, 1.54) is 5.69 Å². The first-order chi connectivity index (χ1) is 12.7. The minimum absolute atomic E-state index is 0.0654. The lowest BCUT2D eigenvalue weighted by Gasteiger charge is -2.36. The van der Waals surface area contributed by atoms with Crippen LogP contribution in [0.25, 0.3) is 0 Å². The summed E-state index contributed by atoms with van der Waals surface area (Å²) in [6, 6.07) is 12.1. The first-order valence-electron chi connectivity index (χ1n) is 9.37. The molecule has 1 saturated heterocycles. The predicted octanol–water partition coefficient (Wildman–Crippen LogP) is 2.40. The highest BCUT2D eigenvalue weighted by atomic mass is 16.5. The van der Waals surface area contributed by atoms with Crippen LogP contribution < -0.4 is 15.6 Å². The monoisotopic (exact) mass is 354 g/mol. The third kappa shape index (κ3) is 2.99. The fraction of sp³-hybridized carbons (Fsp3) is 0.450. The van der Waals surface area contributed by atoms with Crippen LogP contribution in [0.15, 0.2) is 42.6 Å². The maximum Gasteiger partial charge on any atom is 0.241 e. The van der Waals surface area contributed by atoms with Crippen molar-refractivity contribution in [3.63, 3.8) is 0 Å². The number of nitrogens with one attached hydrogen (secondary N) is 2. The van der Waals surface area contributed by atoms with Crippen molar-refractivity contribution in [2.24, 2.45) is 0 Å². The van der Waals surface area contributed by atoms with Gasteiger partial charge in [0.2, 0.25) is 5.91 Å². The lowest BCUT2D eigenvalue weighted by molar-refractivity contribution is -0.136. The number of aromatic nitrogens is 1. The Balaban J connectivity index is 1.47. The van der Waals surface area contributed by atoms with Crippen LogP contribution in [-0.4, -0.2) is 34.6 Å². The Bertz CT molecular complexity index is 788. The van der Waals surface area contributed by atoms with Gasteiger partial charge in [0, 0.05) is 30.5 Å². The van der Waals surface area contributed by atoms with Crippen LogP contribution in [0.1, 0.15) is 43.6 Å². The molecule has 0 bridgehead atoms. The molecular weight excluding hydrogens is 328 g/mol. The van der Waals surface area contributed by atoms with Crippen LogP contribution in [0, 0.1) is 0 Å². The number of ether oxygens (including phenoxy) is 1. The Labute approximate surface area is 154 Å². The van der Waals surface area contributed by atoms with E-state index < -0.39 is 0 Å². The van der Waals surface area contributed by atoms with Crippen LogP contribution >= 0.6 is 0 Å². The predicted molar refractivity (Wildman–Crippen MR) is 99.6 cm³/mol. The SMILES string of the molecule is CCOc1ccccc1C1CC(C(=O)N2CCn3cccc3C2C)NN1. The topological polar surface area (TPSA) is 58.5 Å². The number of fused-ring (bicyclic) bond motifs is 1. The maximum atomic E-state index is 13.1. The number of amides is 1. The number of benzene rings is 1. The molecule has 2 N–H and O–H groups in total. The molecule has 3 unspecified atom stereocenters. The Morgan fingerprint density at radius 3 is 2.88 bits per heavy atom. The highest BCUT2D eigenvalue weighted by Gasteiger charge is 2.37. The average Bonchev–Trinajstić information content (AvgIpc) is 3.32. The molecule has 1 amide bonds. The lowest BCUT2D eigenvalue weighted by atomic mass is 9.99. The third-order valence-electron chi connectivity index (χ3n) is 5.42. The zero-order valence-electron chi connectivity index (χ0n) is 15.3. The number of hydrogen-bond acceptors (Lipinski definition) is 4. The van der Waals surface area contributed by atoms with E-state index in [0.717, 1.165) is 24.4 Å². The zero-order chi connectivity index (χ0) is 18.1. The minimum atomic E-state index is -0.223. The van der Waals surface area contributed by atoms with Crippen LogP contribution in [0.5, 0.6) is 5.75 Å². The molecule has 2 aromatic rings. The molecule has 3 atom stereocenters. The van der Waals surface area contributed by atoms with Crippen molar-refractivity contribution in [2.75, 3.05) is 13.2 Å². The number of carbonyl (C=O) groups excluding carboxylic acids is 1. The van der Waals surface area contributed by atoms with Crippen molar-refractivity contribution >= 4 is 5.91 Å². The van der Waals surface area contributed by atoms with Gasteiger partial charge in [0.1, 0.15) is 11.8 Å². The molecule has 1 aromatic heterocycles. The van der Waals surface area contributed by atoms with Gasteiger partial charge in [-0.25, -0.2) is 10.9 Å². The first kappa shape index (κ1) is 17.1. The quantitative estimate of drug-likeness (QED) is 0.885. The minimum Gasteiger partial charge on any atom is -0.494 e. The number of nitrogens with zero attached hydrogens (tertiary/aromatic N) is 2. The molecule has 0 aliphatic carbocycles. The normalized spacial score (nSPS) is 25.2. The Morgan fingerprint density at radius 2 is 2.04 bits per heavy atom. The smallest absolute Gasteiger partial charge is 0.241 e. The Kier molecular flexibility index (Phi) is 4.70. The number of hydrazine groups is 1. The molecule has 138 valence electrons. The summed E-state index contributed by atoms with van der Waals surface area (Å²) < 4.78 is 7.97. The highest BCUT2D eigenvalue weighted by Crippen LogP contribution is 2.32. The third-order valence-corrected chi connectivity index (χ3v) is 5.42. The van der Waals surface area contributed by atoms with Gasteiger partial charge in [-0.2, -0.15) is 0 Å². The average molecular weight is 354 g/mol. The van der Waals surface area contributed by atoms with E-state index in [0.29, 0.717) is 13.0 Å². The van der Waals surface area contributed by atoms with Crippen molar-refractivity contribution in [2.45, 2.75) is 44.9 Å². The zero-order valence-corrected chi connectivity index (χ0v) is 15.3. The summed E-state index contributed by atoms with van der Waals surface area (Å²) in [5.41, 5.74) is 8.79. The van der Waals surface area contributed by atoms with Crippen molar-refractivity contribution in [1.82, 2.24) is 20.3 Å². The molecule has 0 saturated carbocycles. The van der Waals surface area contributed by atoms with Gasteiger partial charge < -0.3 is 14.2 Å². The molecule has 1 fully saturated rings. The van der Waals surface area contributed by atoms with Crippen molar-refractivity contribution in [1.29, 1.82) is 0 Å². The molecule has 0 radical (unpaired) electrons. The number of carbonyl (C=O) groups is 1. The van der Waals surface area contributed by atoms with Gasteiger partial charge in [0.25, 0.3) is 0 Å². The fourth-order valence-corrected chi connectivity index (χ4v) is 4.06. The molecule has 1 aromatic carbocycles. The Hall–Kier alpha value is -2.31. The molecule has 4 rings (SSSR count). The van der Waals surface area contributed by atoms with E-state index in [-0.39, 0.29) is 24.0 Å². The highest BCUT2D eigenvalue weighted by molar-refractivity contribution is 5.82. The standard InChI is InChI=1S/C20H26N4O2/c1-3-26-19-9-5-4-7-15(19)16-13-17(22-21-16)20(25)24-12-11-23-10-6-8-18(23)14(24)2/h4-10,14,16-17,21-22H,3,11-13H2,1-2H3. The van der Waals surface area contributed by atoms with Gasteiger partial charge in [-0.1, -0.05) is 18.2 Å². The first-order valence-corrected chi connectivity index (χ1v) is 9.37. The number of hydrogen-bond donors (Lipinski definition) is 2. The second kappa shape index (κ2) is 7.13. The molecule has 6 nitrogen and oxygen atoms in total. The van der Waals surface area contributed by atoms with E-state index in [9.17, 15) is 4.79 Å². The second-order valence-corrected chi connectivity index (χ2v) is 6.93. The molecule has 26 heavy (non-hydrogen) atoms. The van der Waals surface area contributed by atoms with E-state index in [2.05, 4.69) is 46.7 Å². The molecule has 0 spiro atoms. The van der Waals surface area contributed by atoms with Crippen molar-refractivity contribution < 1.29 is 9.53 Å². The van der Waals surface area contributed by atoms with Gasteiger partial charge in [0.05, 0.1) is 18.7 Å². The van der Waals surface area contributed by atoms with Gasteiger partial charge in [-0.05, 0) is 38.5 Å². The molecule has 3 heterocycles.